The zero-order chi connectivity index (χ0) is 15.4. The van der Waals surface area contributed by atoms with E-state index < -0.39 is 5.97 Å². The van der Waals surface area contributed by atoms with Crippen LogP contribution < -0.4 is 4.90 Å². The monoisotopic (exact) mass is 290 g/mol. The zero-order valence-corrected chi connectivity index (χ0v) is 11.8. The van der Waals surface area contributed by atoms with Crippen LogP contribution in [0.5, 0.6) is 0 Å². The van der Waals surface area contributed by atoms with Gasteiger partial charge in [0.25, 0.3) is 0 Å². The molecule has 108 valence electrons. The fourth-order valence-corrected chi connectivity index (χ4v) is 2.32. The number of hydrogen-bond donors (Lipinski definition) is 1. The van der Waals surface area contributed by atoms with Gasteiger partial charge in [0.2, 0.25) is 0 Å². The summed E-state index contributed by atoms with van der Waals surface area (Å²) in [5.41, 5.74) is 2.32. The first-order valence-electron chi connectivity index (χ1n) is 6.86. The number of carbonyl (C=O) groups is 1. The number of carboxylic acids is 1. The number of benzene rings is 2. The maximum absolute atomic E-state index is 11.5. The quantitative estimate of drug-likeness (QED) is 0.780. The van der Waals surface area contributed by atoms with Crippen molar-refractivity contribution in [1.29, 1.82) is 0 Å². The van der Waals surface area contributed by atoms with E-state index in [1.165, 1.54) is 6.20 Å². The highest BCUT2D eigenvalue weighted by Crippen LogP contribution is 2.35. The van der Waals surface area contributed by atoms with E-state index in [-0.39, 0.29) is 5.69 Å². The average Bonchev–Trinajstić information content (AvgIpc) is 2.57. The third-order valence-electron chi connectivity index (χ3n) is 3.26. The topological polar surface area (TPSA) is 53.4 Å². The van der Waals surface area contributed by atoms with Crippen LogP contribution in [-0.2, 0) is 0 Å². The average molecular weight is 290 g/mol. The Labute approximate surface area is 128 Å². The molecule has 0 atom stereocenters. The molecule has 0 fully saturated rings. The molecular formula is C18H14N2O2. The number of aromatic carboxylic acids is 1. The maximum atomic E-state index is 11.5. The number of rotatable bonds is 4. The van der Waals surface area contributed by atoms with E-state index >= 15 is 0 Å². The maximum Gasteiger partial charge on any atom is 0.356 e. The highest BCUT2D eigenvalue weighted by molar-refractivity contribution is 5.95. The van der Waals surface area contributed by atoms with Crippen molar-refractivity contribution in [3.8, 4) is 0 Å². The van der Waals surface area contributed by atoms with E-state index in [0.29, 0.717) is 5.69 Å². The van der Waals surface area contributed by atoms with Crippen molar-refractivity contribution >= 4 is 23.0 Å². The standard InChI is InChI=1S/C18H14N2O2/c21-18(22)17-16(12-7-13-19-17)20(14-8-3-1-4-9-14)15-10-5-2-6-11-15/h1-13H,(H,21,22). The Hall–Kier alpha value is -3.14. The van der Waals surface area contributed by atoms with Crippen LogP contribution in [0.3, 0.4) is 0 Å². The Morgan fingerprint density at radius 1 is 0.818 bits per heavy atom. The number of carboxylic acid groups (broad SMARTS) is 1. The smallest absolute Gasteiger partial charge is 0.356 e. The van der Waals surface area contributed by atoms with Gasteiger partial charge < -0.3 is 10.0 Å². The molecule has 3 rings (SSSR count). The molecule has 0 aliphatic carbocycles. The lowest BCUT2D eigenvalue weighted by molar-refractivity contribution is 0.0691. The summed E-state index contributed by atoms with van der Waals surface area (Å²) in [7, 11) is 0. The second kappa shape index (κ2) is 6.10. The first-order valence-corrected chi connectivity index (χ1v) is 6.86. The lowest BCUT2D eigenvalue weighted by atomic mass is 10.2. The number of anilines is 3. The molecule has 4 nitrogen and oxygen atoms in total. The molecule has 0 spiro atoms. The SMILES string of the molecule is O=C(O)c1ncccc1N(c1ccccc1)c1ccccc1. The number of nitrogens with zero attached hydrogens (tertiary/aromatic N) is 2. The highest BCUT2D eigenvalue weighted by Gasteiger charge is 2.19. The molecule has 2 aromatic carbocycles. The van der Waals surface area contributed by atoms with Gasteiger partial charge >= 0.3 is 5.97 Å². The molecule has 0 aliphatic rings. The molecule has 1 heterocycles. The Morgan fingerprint density at radius 3 is 1.86 bits per heavy atom. The predicted molar refractivity (Wildman–Crippen MR) is 85.9 cm³/mol. The van der Waals surface area contributed by atoms with Crippen LogP contribution in [0, 0.1) is 0 Å². The normalized spacial score (nSPS) is 10.2. The summed E-state index contributed by atoms with van der Waals surface area (Å²) < 4.78 is 0. The van der Waals surface area contributed by atoms with E-state index in [1.54, 1.807) is 12.1 Å². The molecule has 1 N–H and O–H groups in total. The second-order valence-electron chi connectivity index (χ2n) is 4.68. The molecule has 3 aromatic rings. The molecule has 0 unspecified atom stereocenters. The molecule has 0 radical (unpaired) electrons. The van der Waals surface area contributed by atoms with Gasteiger partial charge in [-0.1, -0.05) is 36.4 Å². The minimum absolute atomic E-state index is 0.0233. The van der Waals surface area contributed by atoms with Crippen molar-refractivity contribution in [1.82, 2.24) is 4.98 Å². The summed E-state index contributed by atoms with van der Waals surface area (Å²) in [6, 6.07) is 22.8. The van der Waals surface area contributed by atoms with Gasteiger partial charge in [-0.3, -0.25) is 0 Å². The van der Waals surface area contributed by atoms with Crippen LogP contribution in [-0.4, -0.2) is 16.1 Å². The molecule has 0 amide bonds. The van der Waals surface area contributed by atoms with Gasteiger partial charge in [-0.25, -0.2) is 9.78 Å². The van der Waals surface area contributed by atoms with Gasteiger partial charge in [0, 0.05) is 17.6 Å². The fourth-order valence-electron chi connectivity index (χ4n) is 2.32. The van der Waals surface area contributed by atoms with Gasteiger partial charge in [-0.05, 0) is 36.4 Å². The van der Waals surface area contributed by atoms with E-state index in [9.17, 15) is 9.90 Å². The zero-order valence-electron chi connectivity index (χ0n) is 11.8. The lowest BCUT2D eigenvalue weighted by Crippen LogP contribution is -2.15. The van der Waals surface area contributed by atoms with Crippen LogP contribution in [0.25, 0.3) is 0 Å². The Balaban J connectivity index is 2.21. The van der Waals surface area contributed by atoms with E-state index in [2.05, 4.69) is 4.98 Å². The van der Waals surface area contributed by atoms with Crippen molar-refractivity contribution in [3.05, 3.63) is 84.7 Å². The van der Waals surface area contributed by atoms with Crippen molar-refractivity contribution in [3.63, 3.8) is 0 Å². The summed E-state index contributed by atoms with van der Waals surface area (Å²) in [6.45, 7) is 0. The fraction of sp³-hybridized carbons (Fsp3) is 0. The van der Waals surface area contributed by atoms with Gasteiger partial charge in [0.15, 0.2) is 5.69 Å². The van der Waals surface area contributed by atoms with Gasteiger partial charge in [-0.2, -0.15) is 0 Å². The van der Waals surface area contributed by atoms with Crippen molar-refractivity contribution in [2.24, 2.45) is 0 Å². The van der Waals surface area contributed by atoms with Gasteiger partial charge in [-0.15, -0.1) is 0 Å². The Morgan fingerprint density at radius 2 is 1.36 bits per heavy atom. The number of para-hydroxylation sites is 2. The van der Waals surface area contributed by atoms with E-state index in [1.807, 2.05) is 65.6 Å². The number of hydrogen-bond acceptors (Lipinski definition) is 3. The number of aromatic nitrogens is 1. The minimum atomic E-state index is -1.05. The van der Waals surface area contributed by atoms with Crippen LogP contribution in [0.4, 0.5) is 17.1 Å². The molecule has 22 heavy (non-hydrogen) atoms. The Kier molecular flexibility index (Phi) is 3.83. The number of pyridine rings is 1. The molecular weight excluding hydrogens is 276 g/mol. The molecule has 0 bridgehead atoms. The lowest BCUT2D eigenvalue weighted by Gasteiger charge is -2.26. The summed E-state index contributed by atoms with van der Waals surface area (Å²) in [4.78, 5) is 17.4. The van der Waals surface area contributed by atoms with Crippen molar-refractivity contribution < 1.29 is 9.90 Å². The molecule has 4 heteroatoms. The largest absolute Gasteiger partial charge is 0.476 e. The molecule has 0 saturated carbocycles. The van der Waals surface area contributed by atoms with Crippen LogP contribution in [0.15, 0.2) is 79.0 Å². The van der Waals surface area contributed by atoms with E-state index in [0.717, 1.165) is 11.4 Å². The van der Waals surface area contributed by atoms with Gasteiger partial charge in [0.1, 0.15) is 0 Å². The molecule has 0 saturated heterocycles. The van der Waals surface area contributed by atoms with Gasteiger partial charge in [0.05, 0.1) is 5.69 Å². The van der Waals surface area contributed by atoms with Crippen LogP contribution >= 0.6 is 0 Å². The van der Waals surface area contributed by atoms with Crippen LogP contribution in [0.2, 0.25) is 0 Å². The summed E-state index contributed by atoms with van der Waals surface area (Å²) in [5.74, 6) is -1.05. The second-order valence-corrected chi connectivity index (χ2v) is 4.68. The van der Waals surface area contributed by atoms with Crippen molar-refractivity contribution in [2.75, 3.05) is 4.90 Å². The third-order valence-corrected chi connectivity index (χ3v) is 3.26. The first kappa shape index (κ1) is 13.8. The predicted octanol–water partition coefficient (Wildman–Crippen LogP) is 4.25. The summed E-state index contributed by atoms with van der Waals surface area (Å²) in [5, 5.41) is 9.42. The summed E-state index contributed by atoms with van der Waals surface area (Å²) >= 11 is 0. The highest BCUT2D eigenvalue weighted by atomic mass is 16.4. The third kappa shape index (κ3) is 2.67. The van der Waals surface area contributed by atoms with E-state index in [4.69, 9.17) is 0 Å². The molecule has 1 aromatic heterocycles. The van der Waals surface area contributed by atoms with Crippen LogP contribution in [0.1, 0.15) is 10.5 Å². The Bertz CT molecular complexity index is 734. The summed E-state index contributed by atoms with van der Waals surface area (Å²) in [6.07, 6.45) is 1.49. The molecule has 0 aliphatic heterocycles. The minimum Gasteiger partial charge on any atom is -0.476 e. The first-order chi connectivity index (χ1) is 10.8. The van der Waals surface area contributed by atoms with Crippen molar-refractivity contribution in [2.45, 2.75) is 0 Å².